The molecule has 0 bridgehead atoms. The molecule has 182 valence electrons. The molecular weight excluding hydrogens is 420 g/mol. The molecule has 3 aromatic rings. The van der Waals surface area contributed by atoms with E-state index in [2.05, 4.69) is 91.6 Å². The third-order valence-corrected chi connectivity index (χ3v) is 7.40. The summed E-state index contributed by atoms with van der Waals surface area (Å²) in [6, 6.07) is 11.7. The fraction of sp³-hybridized carbons (Fsp3) is 0.517. The van der Waals surface area contributed by atoms with Crippen LogP contribution in [0.5, 0.6) is 0 Å². The summed E-state index contributed by atoms with van der Waals surface area (Å²) in [5.41, 5.74) is 8.49. The van der Waals surface area contributed by atoms with Crippen LogP contribution in [0.4, 0.5) is 0 Å². The van der Waals surface area contributed by atoms with Crippen molar-refractivity contribution in [2.24, 2.45) is 0 Å². The van der Waals surface area contributed by atoms with E-state index in [1.807, 2.05) is 7.05 Å². The Morgan fingerprint density at radius 2 is 1.74 bits per heavy atom. The number of piperidine rings is 1. The third-order valence-electron chi connectivity index (χ3n) is 7.40. The number of benzene rings is 1. The molecule has 5 heteroatoms. The highest BCUT2D eigenvalue weighted by Crippen LogP contribution is 2.38. The molecule has 3 heterocycles. The monoisotopic (exact) mass is 460 g/mol. The Bertz CT molecular complexity index is 1150. The first-order chi connectivity index (χ1) is 16.1. The van der Waals surface area contributed by atoms with Crippen LogP contribution in [0.3, 0.4) is 0 Å². The Hall–Kier alpha value is -2.66. The summed E-state index contributed by atoms with van der Waals surface area (Å²) in [6.07, 6.45) is 2.05. The lowest BCUT2D eigenvalue weighted by Crippen LogP contribution is -2.44. The number of hydrogen-bond donors (Lipinski definition) is 1. The number of aromatic nitrogens is 2. The van der Waals surface area contributed by atoms with Crippen LogP contribution < -0.4 is 0 Å². The molecule has 1 fully saturated rings. The normalized spacial score (nSPS) is 15.3. The lowest BCUT2D eigenvalue weighted by Gasteiger charge is -2.34. The van der Waals surface area contributed by atoms with Crippen LogP contribution in [0, 0.1) is 13.8 Å². The fourth-order valence-corrected chi connectivity index (χ4v) is 5.25. The second kappa shape index (κ2) is 9.91. The zero-order chi connectivity index (χ0) is 24.6. The summed E-state index contributed by atoms with van der Waals surface area (Å²) >= 11 is 0. The number of pyridine rings is 1. The zero-order valence-electron chi connectivity index (χ0n) is 21.9. The molecule has 34 heavy (non-hydrogen) atoms. The molecule has 1 N–H and O–H groups in total. The topological polar surface area (TPSA) is 52.2 Å². The number of nitrogens with zero attached hydrogens (tertiary/aromatic N) is 3. The number of carbonyl (C=O) groups excluding carboxylic acids is 1. The maximum atomic E-state index is 12.7. The number of aryl methyl sites for hydroxylation is 2. The molecule has 0 unspecified atom stereocenters. The number of aromatic amines is 1. The van der Waals surface area contributed by atoms with E-state index in [-0.39, 0.29) is 5.91 Å². The van der Waals surface area contributed by atoms with Crippen LogP contribution in [0.1, 0.15) is 74.9 Å². The van der Waals surface area contributed by atoms with E-state index in [9.17, 15) is 4.79 Å². The first kappa shape index (κ1) is 24.5. The van der Waals surface area contributed by atoms with Gasteiger partial charge in [-0.25, -0.2) is 0 Å². The van der Waals surface area contributed by atoms with Crippen molar-refractivity contribution in [1.29, 1.82) is 0 Å². The lowest BCUT2D eigenvalue weighted by atomic mass is 9.87. The summed E-state index contributed by atoms with van der Waals surface area (Å²) in [6.45, 7) is 15.1. The van der Waals surface area contributed by atoms with Crippen LogP contribution in [-0.4, -0.2) is 58.4 Å². The second-order valence-electron chi connectivity index (χ2n) is 10.7. The van der Waals surface area contributed by atoms with E-state index in [1.54, 1.807) is 0 Å². The number of nitrogens with one attached hydrogen (secondary N) is 1. The average molecular weight is 461 g/mol. The number of fused-ring (bicyclic) bond motifs is 1. The van der Waals surface area contributed by atoms with Gasteiger partial charge in [0.2, 0.25) is 5.91 Å². The van der Waals surface area contributed by atoms with E-state index in [0.717, 1.165) is 37.3 Å². The Balaban J connectivity index is 1.57. The van der Waals surface area contributed by atoms with Crippen LogP contribution in [0.2, 0.25) is 0 Å². The highest BCUT2D eigenvalue weighted by atomic mass is 16.2. The van der Waals surface area contributed by atoms with Crippen molar-refractivity contribution in [2.45, 2.75) is 72.3 Å². The van der Waals surface area contributed by atoms with Crippen molar-refractivity contribution < 1.29 is 4.79 Å². The summed E-state index contributed by atoms with van der Waals surface area (Å²) in [5, 5.41) is 1.33. The summed E-state index contributed by atoms with van der Waals surface area (Å²) in [7, 11) is 2.02. The molecule has 0 saturated carbocycles. The van der Waals surface area contributed by atoms with Gasteiger partial charge in [-0.3, -0.25) is 14.7 Å². The van der Waals surface area contributed by atoms with E-state index >= 15 is 0 Å². The molecule has 0 aliphatic carbocycles. The first-order valence-corrected chi connectivity index (χ1v) is 12.7. The zero-order valence-corrected chi connectivity index (χ0v) is 21.9. The molecule has 0 spiro atoms. The number of H-pyrrole nitrogens is 1. The summed E-state index contributed by atoms with van der Waals surface area (Å²) < 4.78 is 0. The molecule has 1 aromatic carbocycles. The molecule has 2 aromatic heterocycles. The largest absolute Gasteiger partial charge is 0.354 e. The average Bonchev–Trinajstić information content (AvgIpc) is 3.17. The Kier molecular flexibility index (Phi) is 7.13. The number of hydrogen-bond acceptors (Lipinski definition) is 3. The first-order valence-electron chi connectivity index (χ1n) is 12.7. The van der Waals surface area contributed by atoms with Crippen LogP contribution in [0.15, 0.2) is 30.3 Å². The van der Waals surface area contributed by atoms with Crippen LogP contribution in [0.25, 0.3) is 22.2 Å². The molecule has 1 aliphatic rings. The smallest absolute Gasteiger partial charge is 0.236 e. The number of amides is 1. The van der Waals surface area contributed by atoms with Gasteiger partial charge in [-0.2, -0.15) is 0 Å². The van der Waals surface area contributed by atoms with Gasteiger partial charge >= 0.3 is 0 Å². The van der Waals surface area contributed by atoms with E-state index < -0.39 is 0 Å². The van der Waals surface area contributed by atoms with Crippen LogP contribution >= 0.6 is 0 Å². The van der Waals surface area contributed by atoms with Crippen molar-refractivity contribution in [1.82, 2.24) is 19.8 Å². The van der Waals surface area contributed by atoms with Gasteiger partial charge in [0.1, 0.15) is 0 Å². The molecule has 5 nitrogen and oxygen atoms in total. The summed E-state index contributed by atoms with van der Waals surface area (Å²) in [5.74, 6) is 1.16. The van der Waals surface area contributed by atoms with Crippen molar-refractivity contribution in [3.63, 3.8) is 0 Å². The predicted molar refractivity (Wildman–Crippen MR) is 141 cm³/mol. The number of likely N-dealkylation sites (tertiary alicyclic amines) is 1. The van der Waals surface area contributed by atoms with Gasteiger partial charge in [0.15, 0.2) is 0 Å². The maximum absolute atomic E-state index is 12.7. The van der Waals surface area contributed by atoms with Gasteiger partial charge in [0.05, 0.1) is 12.2 Å². The minimum atomic E-state index is 0.255. The summed E-state index contributed by atoms with van der Waals surface area (Å²) in [4.78, 5) is 25.2. The number of likely N-dealkylation sites (N-methyl/N-ethyl adjacent to an activating group) is 1. The Morgan fingerprint density at radius 1 is 1.09 bits per heavy atom. The van der Waals surface area contributed by atoms with Crippen molar-refractivity contribution in [3.05, 3.63) is 52.8 Å². The van der Waals surface area contributed by atoms with Gasteiger partial charge in [0, 0.05) is 47.0 Å². The predicted octanol–water partition coefficient (Wildman–Crippen LogP) is 6.02. The molecule has 0 atom stereocenters. The Morgan fingerprint density at radius 3 is 2.32 bits per heavy atom. The molecule has 0 radical (unpaired) electrons. The molecule has 1 saturated heterocycles. The molecular formula is C29H40N4O. The minimum Gasteiger partial charge on any atom is -0.354 e. The quantitative estimate of drug-likeness (QED) is 0.490. The minimum absolute atomic E-state index is 0.255. The third kappa shape index (κ3) is 5.05. The molecule has 1 aliphatic heterocycles. The number of carbonyl (C=O) groups is 1. The standard InChI is InChI=1S/C29H40N4O/c1-18(2)28-25-16-23(22-10-12-33(13-11-22)27(34)17-32(7)19(3)4)8-9-26(25)31-29(28)24-14-20(5)30-21(6)15-24/h8-9,14-16,18-19,22,31H,10-13,17H2,1-7H3. The second-order valence-corrected chi connectivity index (χ2v) is 10.7. The maximum Gasteiger partial charge on any atom is 0.236 e. The lowest BCUT2D eigenvalue weighted by molar-refractivity contribution is -0.133. The molecule has 4 rings (SSSR count). The number of rotatable bonds is 6. The van der Waals surface area contributed by atoms with Gasteiger partial charge < -0.3 is 9.88 Å². The van der Waals surface area contributed by atoms with Crippen LogP contribution in [-0.2, 0) is 4.79 Å². The molecule has 1 amide bonds. The van der Waals surface area contributed by atoms with E-state index in [4.69, 9.17) is 0 Å². The van der Waals surface area contributed by atoms with Gasteiger partial charge in [-0.1, -0.05) is 19.9 Å². The van der Waals surface area contributed by atoms with Crippen molar-refractivity contribution in [2.75, 3.05) is 26.7 Å². The Labute approximate surface area is 204 Å². The van der Waals surface area contributed by atoms with Crippen molar-refractivity contribution >= 4 is 16.8 Å². The highest BCUT2D eigenvalue weighted by Gasteiger charge is 2.26. The van der Waals surface area contributed by atoms with E-state index in [1.165, 1.54) is 33.3 Å². The van der Waals surface area contributed by atoms with E-state index in [0.29, 0.717) is 24.4 Å². The van der Waals surface area contributed by atoms with Gasteiger partial charge in [0.25, 0.3) is 0 Å². The highest BCUT2D eigenvalue weighted by molar-refractivity contribution is 5.92. The van der Waals surface area contributed by atoms with Gasteiger partial charge in [-0.15, -0.1) is 0 Å². The fourth-order valence-electron chi connectivity index (χ4n) is 5.25. The SMILES string of the molecule is Cc1cc(-c2[nH]c3ccc(C4CCN(C(=O)CN(C)C(C)C)CC4)cc3c2C(C)C)cc(C)n1. The van der Waals surface area contributed by atoms with Gasteiger partial charge in [-0.05, 0) is 94.8 Å². The van der Waals surface area contributed by atoms with Crippen molar-refractivity contribution in [3.8, 4) is 11.3 Å².